The Hall–Kier alpha value is -2.96. The van der Waals surface area contributed by atoms with Gasteiger partial charge in [0.2, 0.25) is 5.91 Å². The molecule has 3 aromatic rings. The number of nitrogens with zero attached hydrogens (tertiary/aromatic N) is 2. The number of halogens is 1. The summed E-state index contributed by atoms with van der Waals surface area (Å²) in [5.74, 6) is -0.693. The molecular weight excluding hydrogens is 275 g/mol. The van der Waals surface area contributed by atoms with Crippen LogP contribution in [0.25, 0.3) is 10.9 Å². The van der Waals surface area contributed by atoms with Gasteiger partial charge in [-0.3, -0.25) is 9.59 Å². The Bertz CT molecular complexity index is 869. The van der Waals surface area contributed by atoms with E-state index in [2.05, 4.69) is 15.3 Å². The summed E-state index contributed by atoms with van der Waals surface area (Å²) in [5.41, 5.74) is 0.412. The molecule has 1 aromatic carbocycles. The standard InChI is InChI=1S/C14H11FN4O2/c15-10-1-2-12-9(5-10)3-4-19(12)7-13(20)18-11-6-16-8-17-14(11)21/h1-6,8H,7H2,(H,18,20)(H,16,17,21). The minimum absolute atomic E-state index is 0.0173. The molecule has 2 heterocycles. The SMILES string of the molecule is O=C(Cn1ccc2cc(F)ccc21)Nc1cnc[nH]c1=O. The van der Waals surface area contributed by atoms with E-state index in [4.69, 9.17) is 0 Å². The van der Waals surface area contributed by atoms with Gasteiger partial charge >= 0.3 is 0 Å². The second-order valence-corrected chi connectivity index (χ2v) is 4.49. The highest BCUT2D eigenvalue weighted by molar-refractivity contribution is 5.91. The second kappa shape index (κ2) is 5.20. The molecule has 2 aromatic heterocycles. The van der Waals surface area contributed by atoms with E-state index in [1.165, 1.54) is 24.7 Å². The number of nitrogens with one attached hydrogen (secondary N) is 2. The third-order valence-corrected chi connectivity index (χ3v) is 3.04. The van der Waals surface area contributed by atoms with E-state index in [9.17, 15) is 14.0 Å². The summed E-state index contributed by atoms with van der Waals surface area (Å²) in [6.07, 6.45) is 4.21. The van der Waals surface area contributed by atoms with Crippen LogP contribution in [0, 0.1) is 5.82 Å². The molecule has 6 nitrogen and oxygen atoms in total. The fourth-order valence-corrected chi connectivity index (χ4v) is 2.09. The quantitative estimate of drug-likeness (QED) is 0.765. The maximum atomic E-state index is 13.1. The number of fused-ring (bicyclic) bond motifs is 1. The summed E-state index contributed by atoms with van der Waals surface area (Å²) in [6, 6.07) is 6.07. The number of rotatable bonds is 3. The Morgan fingerprint density at radius 2 is 2.24 bits per heavy atom. The molecule has 0 unspecified atom stereocenters. The molecule has 0 fully saturated rings. The van der Waals surface area contributed by atoms with Gasteiger partial charge in [0.05, 0.1) is 12.5 Å². The highest BCUT2D eigenvalue weighted by atomic mass is 19.1. The van der Waals surface area contributed by atoms with Crippen molar-refractivity contribution in [1.82, 2.24) is 14.5 Å². The number of anilines is 1. The molecule has 0 bridgehead atoms. The van der Waals surface area contributed by atoms with Gasteiger partial charge in [0, 0.05) is 17.1 Å². The smallest absolute Gasteiger partial charge is 0.274 e. The van der Waals surface area contributed by atoms with E-state index in [1.807, 2.05) is 0 Å². The minimum atomic E-state index is -0.419. The highest BCUT2D eigenvalue weighted by Gasteiger charge is 2.09. The molecule has 2 N–H and O–H groups in total. The molecule has 0 saturated heterocycles. The van der Waals surface area contributed by atoms with Crippen molar-refractivity contribution in [1.29, 1.82) is 0 Å². The third-order valence-electron chi connectivity index (χ3n) is 3.04. The fraction of sp³-hybridized carbons (Fsp3) is 0.0714. The number of aromatic nitrogens is 3. The van der Waals surface area contributed by atoms with Crippen molar-refractivity contribution in [2.24, 2.45) is 0 Å². The molecule has 0 radical (unpaired) electrons. The molecular formula is C14H11FN4O2. The van der Waals surface area contributed by atoms with Crippen LogP contribution in [0.1, 0.15) is 0 Å². The Kier molecular flexibility index (Phi) is 3.23. The van der Waals surface area contributed by atoms with E-state index in [-0.39, 0.29) is 24.0 Å². The monoisotopic (exact) mass is 286 g/mol. The van der Waals surface area contributed by atoms with Gasteiger partial charge in [-0.1, -0.05) is 0 Å². The Labute approximate surface area is 118 Å². The zero-order valence-corrected chi connectivity index (χ0v) is 10.8. The van der Waals surface area contributed by atoms with Gasteiger partial charge in [-0.05, 0) is 24.3 Å². The Morgan fingerprint density at radius 1 is 1.38 bits per heavy atom. The van der Waals surface area contributed by atoms with Gasteiger partial charge in [-0.25, -0.2) is 9.37 Å². The lowest BCUT2D eigenvalue weighted by Crippen LogP contribution is -2.23. The van der Waals surface area contributed by atoms with Gasteiger partial charge in [0.25, 0.3) is 5.56 Å². The molecule has 21 heavy (non-hydrogen) atoms. The maximum absolute atomic E-state index is 13.1. The van der Waals surface area contributed by atoms with E-state index in [0.717, 1.165) is 5.52 Å². The normalized spacial score (nSPS) is 10.7. The van der Waals surface area contributed by atoms with Gasteiger partial charge < -0.3 is 14.9 Å². The summed E-state index contributed by atoms with van der Waals surface area (Å²) < 4.78 is 14.8. The average Bonchev–Trinajstić information content (AvgIpc) is 2.83. The summed E-state index contributed by atoms with van der Waals surface area (Å²) in [7, 11) is 0. The molecule has 0 saturated carbocycles. The van der Waals surface area contributed by atoms with Crippen LogP contribution in [0.2, 0.25) is 0 Å². The first kappa shape index (κ1) is 13.0. The van der Waals surface area contributed by atoms with Crippen molar-refractivity contribution in [3.8, 4) is 0 Å². The first-order valence-electron chi connectivity index (χ1n) is 6.20. The van der Waals surface area contributed by atoms with Crippen LogP contribution in [0.15, 0.2) is 47.8 Å². The van der Waals surface area contributed by atoms with Crippen molar-refractivity contribution < 1.29 is 9.18 Å². The average molecular weight is 286 g/mol. The number of benzene rings is 1. The van der Waals surface area contributed by atoms with Crippen LogP contribution >= 0.6 is 0 Å². The zero-order chi connectivity index (χ0) is 14.8. The highest BCUT2D eigenvalue weighted by Crippen LogP contribution is 2.17. The van der Waals surface area contributed by atoms with Crippen molar-refractivity contribution in [3.05, 3.63) is 59.2 Å². The number of amides is 1. The molecule has 0 atom stereocenters. The number of hydrogen-bond acceptors (Lipinski definition) is 3. The van der Waals surface area contributed by atoms with Gasteiger partial charge in [-0.15, -0.1) is 0 Å². The number of H-pyrrole nitrogens is 1. The fourth-order valence-electron chi connectivity index (χ4n) is 2.09. The van der Waals surface area contributed by atoms with Crippen molar-refractivity contribution in [3.63, 3.8) is 0 Å². The minimum Gasteiger partial charge on any atom is -0.338 e. The van der Waals surface area contributed by atoms with E-state index in [0.29, 0.717) is 5.39 Å². The summed E-state index contributed by atoms with van der Waals surface area (Å²) in [6.45, 7) is 0.0173. The van der Waals surface area contributed by atoms with Crippen LogP contribution in [-0.4, -0.2) is 20.4 Å². The zero-order valence-electron chi connectivity index (χ0n) is 10.8. The first-order valence-corrected chi connectivity index (χ1v) is 6.20. The number of carbonyl (C=O) groups excluding carboxylic acids is 1. The Morgan fingerprint density at radius 3 is 3.05 bits per heavy atom. The molecule has 0 aliphatic rings. The van der Waals surface area contributed by atoms with Crippen LogP contribution < -0.4 is 10.9 Å². The van der Waals surface area contributed by atoms with Crippen LogP contribution in [0.3, 0.4) is 0 Å². The number of hydrogen-bond donors (Lipinski definition) is 2. The summed E-state index contributed by atoms with van der Waals surface area (Å²) in [4.78, 5) is 29.5. The van der Waals surface area contributed by atoms with Crippen LogP contribution in [0.4, 0.5) is 10.1 Å². The predicted molar refractivity (Wildman–Crippen MR) is 75.4 cm³/mol. The van der Waals surface area contributed by atoms with Gasteiger partial charge in [-0.2, -0.15) is 0 Å². The lowest BCUT2D eigenvalue weighted by atomic mass is 10.2. The molecule has 106 valence electrons. The predicted octanol–water partition coefficient (Wildman–Crippen LogP) is 1.50. The first-order chi connectivity index (χ1) is 10.1. The number of carbonyl (C=O) groups is 1. The van der Waals surface area contributed by atoms with Crippen LogP contribution in [-0.2, 0) is 11.3 Å². The van der Waals surface area contributed by atoms with Gasteiger partial charge in [0.15, 0.2) is 0 Å². The summed E-state index contributed by atoms with van der Waals surface area (Å²) >= 11 is 0. The van der Waals surface area contributed by atoms with Crippen molar-refractivity contribution >= 4 is 22.5 Å². The maximum Gasteiger partial charge on any atom is 0.274 e. The topological polar surface area (TPSA) is 79.8 Å². The molecule has 7 heteroatoms. The van der Waals surface area contributed by atoms with E-state index in [1.54, 1.807) is 22.9 Å². The Balaban J connectivity index is 1.81. The number of aromatic amines is 1. The van der Waals surface area contributed by atoms with Gasteiger partial charge in [0.1, 0.15) is 18.0 Å². The van der Waals surface area contributed by atoms with E-state index < -0.39 is 5.56 Å². The third kappa shape index (κ3) is 2.66. The molecule has 0 aliphatic heterocycles. The van der Waals surface area contributed by atoms with Crippen LogP contribution in [0.5, 0.6) is 0 Å². The molecule has 0 spiro atoms. The largest absolute Gasteiger partial charge is 0.338 e. The van der Waals surface area contributed by atoms with Crippen molar-refractivity contribution in [2.75, 3.05) is 5.32 Å². The second-order valence-electron chi connectivity index (χ2n) is 4.49. The lowest BCUT2D eigenvalue weighted by molar-refractivity contribution is -0.116. The molecule has 3 rings (SSSR count). The van der Waals surface area contributed by atoms with Crippen molar-refractivity contribution in [2.45, 2.75) is 6.54 Å². The molecule has 1 amide bonds. The lowest BCUT2D eigenvalue weighted by Gasteiger charge is -2.06. The summed E-state index contributed by atoms with van der Waals surface area (Å²) in [5, 5.41) is 3.19. The van der Waals surface area contributed by atoms with E-state index >= 15 is 0 Å². The molecule has 0 aliphatic carbocycles.